The van der Waals surface area contributed by atoms with Crippen LogP contribution in [0.5, 0.6) is 0 Å². The lowest BCUT2D eigenvalue weighted by atomic mass is 10.1. The van der Waals surface area contributed by atoms with Gasteiger partial charge in [-0.1, -0.05) is 0 Å². The number of benzene rings is 2. The minimum absolute atomic E-state index is 0.0565. The molecular weight excluding hydrogens is 288 g/mol. The quantitative estimate of drug-likeness (QED) is 0.381. The summed E-state index contributed by atoms with van der Waals surface area (Å²) in [5.74, 6) is 0. The zero-order chi connectivity index (χ0) is 16.7. The average Bonchev–Trinajstić information content (AvgIpc) is 2.51. The highest BCUT2D eigenvalue weighted by molar-refractivity contribution is 5.55. The van der Waals surface area contributed by atoms with Crippen molar-refractivity contribution in [2.24, 2.45) is 0 Å². The lowest BCUT2D eigenvalue weighted by Gasteiger charge is -2.23. The molecule has 23 heavy (non-hydrogen) atoms. The Morgan fingerprint density at radius 3 is 1.65 bits per heavy atom. The van der Waals surface area contributed by atoms with Crippen LogP contribution in [-0.2, 0) is 0 Å². The molecular formula is C18H26N4O. The van der Waals surface area contributed by atoms with E-state index in [4.69, 9.17) is 11.5 Å². The summed E-state index contributed by atoms with van der Waals surface area (Å²) in [6.45, 7) is 1.82. The molecule has 0 aliphatic rings. The second kappa shape index (κ2) is 8.29. The normalized spacial score (nSPS) is 12.1. The molecule has 0 aliphatic carbocycles. The molecule has 1 atom stereocenters. The highest BCUT2D eigenvalue weighted by atomic mass is 16.3. The number of nitrogens with one attached hydrogen (secondary N) is 2. The smallest absolute Gasteiger partial charge is 0.0963 e. The monoisotopic (exact) mass is 314 g/mol. The Kier molecular flexibility index (Phi) is 6.11. The molecule has 0 fully saturated rings. The van der Waals surface area contributed by atoms with Gasteiger partial charge < -0.3 is 27.2 Å². The van der Waals surface area contributed by atoms with E-state index in [1.807, 2.05) is 55.5 Å². The Morgan fingerprint density at radius 1 is 0.826 bits per heavy atom. The van der Waals surface area contributed by atoms with Gasteiger partial charge in [0, 0.05) is 22.7 Å². The Hall–Kier alpha value is -2.40. The molecule has 1 unspecified atom stereocenters. The maximum atomic E-state index is 9.44. The largest absolute Gasteiger partial charge is 0.399 e. The Morgan fingerprint density at radius 2 is 1.26 bits per heavy atom. The second-order valence-corrected chi connectivity index (χ2v) is 5.87. The second-order valence-electron chi connectivity index (χ2n) is 5.87. The molecule has 5 heteroatoms. The van der Waals surface area contributed by atoms with Crippen LogP contribution in [0.3, 0.4) is 0 Å². The van der Waals surface area contributed by atoms with Crippen LogP contribution in [0.25, 0.3) is 0 Å². The Balaban J connectivity index is 2.00. The fourth-order valence-electron chi connectivity index (χ4n) is 2.36. The molecule has 0 radical (unpaired) electrons. The van der Waals surface area contributed by atoms with Crippen LogP contribution < -0.4 is 22.1 Å². The van der Waals surface area contributed by atoms with Gasteiger partial charge in [-0.15, -0.1) is 0 Å². The van der Waals surface area contributed by atoms with Crippen molar-refractivity contribution in [3.63, 3.8) is 0 Å². The lowest BCUT2D eigenvalue weighted by Crippen LogP contribution is -2.29. The van der Waals surface area contributed by atoms with Crippen LogP contribution in [0.4, 0.5) is 22.7 Å². The summed E-state index contributed by atoms with van der Waals surface area (Å²) in [6, 6.07) is 15.3. The fourth-order valence-corrected chi connectivity index (χ4v) is 2.36. The molecule has 0 spiro atoms. The maximum Gasteiger partial charge on any atom is 0.0963 e. The van der Waals surface area contributed by atoms with Gasteiger partial charge in [-0.05, 0) is 74.7 Å². The summed E-state index contributed by atoms with van der Waals surface area (Å²) in [5, 5.41) is 16.4. The van der Waals surface area contributed by atoms with E-state index in [0.717, 1.165) is 42.0 Å². The van der Waals surface area contributed by atoms with Crippen LogP contribution in [0.1, 0.15) is 26.2 Å². The van der Waals surface area contributed by atoms with E-state index in [1.54, 1.807) is 0 Å². The first kappa shape index (κ1) is 17.0. The first-order chi connectivity index (χ1) is 11.0. The molecule has 2 aromatic carbocycles. The summed E-state index contributed by atoms with van der Waals surface area (Å²) >= 11 is 0. The number of hydrogen-bond donors (Lipinski definition) is 5. The standard InChI is InChI=1S/C18H26N4O/c1-13(23)3-2-4-18(21-16-9-5-14(19)6-10-16)22-17-11-7-15(20)8-12-17/h5-13,18,21-23H,2-4,19-20H2,1H3. The first-order valence-corrected chi connectivity index (χ1v) is 7.95. The molecule has 0 aliphatic heterocycles. The molecule has 0 heterocycles. The molecule has 0 bridgehead atoms. The minimum atomic E-state index is -0.274. The molecule has 7 N–H and O–H groups in total. The van der Waals surface area contributed by atoms with Crippen molar-refractivity contribution in [3.05, 3.63) is 48.5 Å². The molecule has 2 rings (SSSR count). The van der Waals surface area contributed by atoms with E-state index >= 15 is 0 Å². The summed E-state index contributed by atoms with van der Waals surface area (Å²) in [6.07, 6.45) is 2.37. The molecule has 124 valence electrons. The predicted molar refractivity (Wildman–Crippen MR) is 98.3 cm³/mol. The maximum absolute atomic E-state index is 9.44. The first-order valence-electron chi connectivity index (χ1n) is 7.95. The fraction of sp³-hybridized carbons (Fsp3) is 0.333. The third-order valence-electron chi connectivity index (χ3n) is 3.62. The predicted octanol–water partition coefficient (Wildman–Crippen LogP) is 3.25. The van der Waals surface area contributed by atoms with Crippen LogP contribution in [-0.4, -0.2) is 17.4 Å². The van der Waals surface area contributed by atoms with Crippen molar-refractivity contribution in [1.82, 2.24) is 0 Å². The van der Waals surface area contributed by atoms with Gasteiger partial charge in [0.1, 0.15) is 0 Å². The zero-order valence-corrected chi connectivity index (χ0v) is 13.5. The number of rotatable bonds is 8. The van der Waals surface area contributed by atoms with Gasteiger partial charge in [0.2, 0.25) is 0 Å². The van der Waals surface area contributed by atoms with E-state index < -0.39 is 0 Å². The van der Waals surface area contributed by atoms with Crippen LogP contribution in [0.2, 0.25) is 0 Å². The van der Waals surface area contributed by atoms with Crippen molar-refractivity contribution in [1.29, 1.82) is 0 Å². The number of hydrogen-bond acceptors (Lipinski definition) is 5. The SMILES string of the molecule is CC(O)CCCC(Nc1ccc(N)cc1)Nc1ccc(N)cc1. The number of nitrogen functional groups attached to an aromatic ring is 2. The van der Waals surface area contributed by atoms with Crippen LogP contribution in [0, 0.1) is 0 Å². The van der Waals surface area contributed by atoms with Crippen molar-refractivity contribution < 1.29 is 5.11 Å². The average molecular weight is 314 g/mol. The molecule has 2 aromatic rings. The van der Waals surface area contributed by atoms with Gasteiger partial charge in [-0.25, -0.2) is 0 Å². The van der Waals surface area contributed by atoms with Gasteiger partial charge in [-0.2, -0.15) is 0 Å². The van der Waals surface area contributed by atoms with E-state index in [1.165, 1.54) is 0 Å². The number of nitrogens with two attached hydrogens (primary N) is 2. The number of aliphatic hydroxyl groups is 1. The minimum Gasteiger partial charge on any atom is -0.399 e. The zero-order valence-electron chi connectivity index (χ0n) is 13.5. The van der Waals surface area contributed by atoms with Crippen molar-refractivity contribution in [3.8, 4) is 0 Å². The van der Waals surface area contributed by atoms with Gasteiger partial charge >= 0.3 is 0 Å². The van der Waals surface area contributed by atoms with Crippen molar-refractivity contribution in [2.75, 3.05) is 22.1 Å². The summed E-state index contributed by atoms with van der Waals surface area (Å²) in [7, 11) is 0. The highest BCUT2D eigenvalue weighted by Gasteiger charge is 2.09. The third-order valence-corrected chi connectivity index (χ3v) is 3.62. The summed E-state index contributed by atoms with van der Waals surface area (Å²) < 4.78 is 0. The topological polar surface area (TPSA) is 96.3 Å². The van der Waals surface area contributed by atoms with Gasteiger partial charge in [0.15, 0.2) is 0 Å². The molecule has 0 aromatic heterocycles. The van der Waals surface area contributed by atoms with Crippen LogP contribution >= 0.6 is 0 Å². The summed E-state index contributed by atoms with van der Waals surface area (Å²) in [4.78, 5) is 0. The van der Waals surface area contributed by atoms with Gasteiger partial charge in [-0.3, -0.25) is 0 Å². The third kappa shape index (κ3) is 6.08. The lowest BCUT2D eigenvalue weighted by molar-refractivity contribution is 0.180. The van der Waals surface area contributed by atoms with Crippen LogP contribution in [0.15, 0.2) is 48.5 Å². The molecule has 5 nitrogen and oxygen atoms in total. The molecule has 0 saturated heterocycles. The number of aliphatic hydroxyl groups excluding tert-OH is 1. The van der Waals surface area contributed by atoms with Gasteiger partial charge in [0.05, 0.1) is 12.3 Å². The Bertz CT molecular complexity index is 533. The molecule has 0 saturated carbocycles. The van der Waals surface area contributed by atoms with E-state index in [2.05, 4.69) is 10.6 Å². The van der Waals surface area contributed by atoms with E-state index in [0.29, 0.717) is 0 Å². The highest BCUT2D eigenvalue weighted by Crippen LogP contribution is 2.18. The van der Waals surface area contributed by atoms with Crippen molar-refractivity contribution >= 4 is 22.7 Å². The molecule has 0 amide bonds. The Labute approximate surface area is 137 Å². The van der Waals surface area contributed by atoms with Crippen molar-refractivity contribution in [2.45, 2.75) is 38.5 Å². The van der Waals surface area contributed by atoms with E-state index in [-0.39, 0.29) is 12.3 Å². The summed E-state index contributed by atoms with van der Waals surface area (Å²) in [5.41, 5.74) is 14.9. The van der Waals surface area contributed by atoms with Gasteiger partial charge in [0.25, 0.3) is 0 Å². The van der Waals surface area contributed by atoms with E-state index in [9.17, 15) is 5.11 Å². The number of anilines is 4.